The molecule has 0 radical (unpaired) electrons. The molecule has 0 N–H and O–H groups in total. The molecule has 2 aromatic rings. The van der Waals surface area contributed by atoms with Crippen LogP contribution in [-0.2, 0) is 17.9 Å². The van der Waals surface area contributed by atoms with Crippen molar-refractivity contribution in [1.82, 2.24) is 4.90 Å². The van der Waals surface area contributed by atoms with Crippen LogP contribution >= 0.6 is 0 Å². The average molecular weight is 386 g/mol. The molecular weight excluding hydrogens is 354 g/mol. The molecule has 0 saturated heterocycles. The minimum atomic E-state index is -0.394. The molecule has 0 heterocycles. The molecule has 0 aromatic heterocycles. The Hall–Kier alpha value is -2.53. The van der Waals surface area contributed by atoms with E-state index in [0.29, 0.717) is 30.3 Å². The van der Waals surface area contributed by atoms with Crippen molar-refractivity contribution in [3.8, 4) is 11.5 Å². The highest BCUT2D eigenvalue weighted by Crippen LogP contribution is 2.24. The topological polar surface area (TPSA) is 48.0 Å². The van der Waals surface area contributed by atoms with Gasteiger partial charge in [0.25, 0.3) is 0 Å². The molecule has 0 aliphatic rings. The van der Waals surface area contributed by atoms with Gasteiger partial charge in [-0.2, -0.15) is 0 Å². The summed E-state index contributed by atoms with van der Waals surface area (Å²) in [4.78, 5) is 14.8. The van der Waals surface area contributed by atoms with E-state index in [0.717, 1.165) is 25.2 Å². The molecule has 2 rings (SSSR count). The number of carbonyl (C=O) groups excluding carboxylic acids is 1. The van der Waals surface area contributed by atoms with Crippen LogP contribution in [0.2, 0.25) is 0 Å². The van der Waals surface area contributed by atoms with E-state index in [1.54, 1.807) is 18.2 Å². The van der Waals surface area contributed by atoms with Gasteiger partial charge in [-0.15, -0.1) is 0 Å². The summed E-state index contributed by atoms with van der Waals surface area (Å²) < 4.78 is 16.5. The van der Waals surface area contributed by atoms with Gasteiger partial charge in [-0.05, 0) is 50.2 Å². The second-order valence-corrected chi connectivity index (χ2v) is 6.41. The van der Waals surface area contributed by atoms with Gasteiger partial charge in [-0.1, -0.05) is 38.1 Å². The van der Waals surface area contributed by atoms with Crippen molar-refractivity contribution in [2.75, 3.05) is 26.3 Å². The van der Waals surface area contributed by atoms with Crippen molar-refractivity contribution in [3.05, 3.63) is 59.2 Å². The number of rotatable bonds is 11. The second-order valence-electron chi connectivity index (χ2n) is 6.41. The number of nitrogens with zero attached hydrogens (tertiary/aromatic N) is 1. The van der Waals surface area contributed by atoms with Gasteiger partial charge in [0.1, 0.15) is 18.1 Å². The zero-order valence-electron chi connectivity index (χ0n) is 17.4. The van der Waals surface area contributed by atoms with Gasteiger partial charge < -0.3 is 14.2 Å². The monoisotopic (exact) mass is 385 g/mol. The first kappa shape index (κ1) is 21.8. The fraction of sp³-hybridized carbons (Fsp3) is 0.435. The lowest BCUT2D eigenvalue weighted by atomic mass is 10.1. The molecule has 0 aliphatic carbocycles. The van der Waals surface area contributed by atoms with Crippen LogP contribution < -0.4 is 9.47 Å². The summed E-state index contributed by atoms with van der Waals surface area (Å²) in [5, 5.41) is 0. The number of benzene rings is 2. The summed E-state index contributed by atoms with van der Waals surface area (Å²) in [6.45, 7) is 12.4. The summed E-state index contributed by atoms with van der Waals surface area (Å²) in [6, 6.07) is 13.3. The van der Waals surface area contributed by atoms with E-state index < -0.39 is 5.97 Å². The second kappa shape index (κ2) is 11.3. The summed E-state index contributed by atoms with van der Waals surface area (Å²) in [7, 11) is 0. The molecule has 5 nitrogen and oxygen atoms in total. The van der Waals surface area contributed by atoms with E-state index in [1.807, 2.05) is 26.0 Å². The van der Waals surface area contributed by atoms with Crippen LogP contribution in [0.1, 0.15) is 49.2 Å². The number of carbonyl (C=O) groups is 1. The lowest BCUT2D eigenvalue weighted by molar-refractivity contribution is 0.0471. The molecule has 0 amide bonds. The third-order valence-corrected chi connectivity index (χ3v) is 4.43. The Morgan fingerprint density at radius 1 is 0.821 bits per heavy atom. The maximum Gasteiger partial charge on any atom is 0.338 e. The van der Waals surface area contributed by atoms with E-state index >= 15 is 0 Å². The Morgan fingerprint density at radius 3 is 1.86 bits per heavy atom. The molecule has 2 aromatic carbocycles. The van der Waals surface area contributed by atoms with Gasteiger partial charge in [0.2, 0.25) is 0 Å². The van der Waals surface area contributed by atoms with Gasteiger partial charge in [-0.25, -0.2) is 4.79 Å². The Kier molecular flexibility index (Phi) is 8.82. The number of hydrogen-bond acceptors (Lipinski definition) is 5. The van der Waals surface area contributed by atoms with Crippen LogP contribution in [0, 0.1) is 0 Å². The van der Waals surface area contributed by atoms with E-state index in [9.17, 15) is 4.79 Å². The molecular formula is C23H31NO4. The average Bonchev–Trinajstić information content (AvgIpc) is 2.71. The van der Waals surface area contributed by atoms with Crippen molar-refractivity contribution in [2.24, 2.45) is 0 Å². The normalized spacial score (nSPS) is 10.8. The first-order valence-corrected chi connectivity index (χ1v) is 9.97. The predicted octanol–water partition coefficient (Wildman–Crippen LogP) is 4.68. The molecule has 0 saturated carbocycles. The fourth-order valence-electron chi connectivity index (χ4n) is 2.87. The quantitative estimate of drug-likeness (QED) is 0.526. The molecule has 152 valence electrons. The highest BCUT2D eigenvalue weighted by atomic mass is 16.5. The highest BCUT2D eigenvalue weighted by Gasteiger charge is 2.12. The standard InChI is InChI=1S/C23H31NO4/c1-5-24(6-2)16-18-9-11-19(12-10-18)17-28-23(25)20-13-21(26-7-3)15-22(14-20)27-8-4/h9-15H,5-8,16-17H2,1-4H3. The Morgan fingerprint density at radius 2 is 1.36 bits per heavy atom. The molecule has 28 heavy (non-hydrogen) atoms. The van der Waals surface area contributed by atoms with Crippen LogP contribution in [0.5, 0.6) is 11.5 Å². The number of hydrogen-bond donors (Lipinski definition) is 0. The van der Waals surface area contributed by atoms with E-state index in [4.69, 9.17) is 14.2 Å². The maximum absolute atomic E-state index is 12.5. The molecule has 0 aliphatic heterocycles. The lowest BCUT2D eigenvalue weighted by Crippen LogP contribution is -2.22. The van der Waals surface area contributed by atoms with Crippen LogP contribution in [0.25, 0.3) is 0 Å². The van der Waals surface area contributed by atoms with Gasteiger partial charge in [0, 0.05) is 12.6 Å². The molecule has 0 bridgehead atoms. The lowest BCUT2D eigenvalue weighted by Gasteiger charge is -2.18. The maximum atomic E-state index is 12.5. The van der Waals surface area contributed by atoms with E-state index in [-0.39, 0.29) is 6.61 Å². The zero-order valence-corrected chi connectivity index (χ0v) is 17.4. The summed E-state index contributed by atoms with van der Waals surface area (Å²) >= 11 is 0. The van der Waals surface area contributed by atoms with Gasteiger partial charge in [0.15, 0.2) is 0 Å². The third kappa shape index (κ3) is 6.57. The van der Waals surface area contributed by atoms with Crippen LogP contribution in [0.3, 0.4) is 0 Å². The molecule has 0 unspecified atom stereocenters. The minimum absolute atomic E-state index is 0.229. The van der Waals surface area contributed by atoms with Crippen molar-refractivity contribution in [1.29, 1.82) is 0 Å². The first-order chi connectivity index (χ1) is 13.6. The molecule has 5 heteroatoms. The van der Waals surface area contributed by atoms with Crippen molar-refractivity contribution in [2.45, 2.75) is 40.8 Å². The SMILES string of the molecule is CCOc1cc(OCC)cc(C(=O)OCc2ccc(CN(CC)CC)cc2)c1. The Balaban J connectivity index is 1.99. The highest BCUT2D eigenvalue weighted by molar-refractivity contribution is 5.90. The molecule has 0 atom stereocenters. The van der Waals surface area contributed by atoms with Crippen LogP contribution in [0.15, 0.2) is 42.5 Å². The smallest absolute Gasteiger partial charge is 0.338 e. The first-order valence-electron chi connectivity index (χ1n) is 9.97. The van der Waals surface area contributed by atoms with E-state index in [1.165, 1.54) is 5.56 Å². The largest absolute Gasteiger partial charge is 0.494 e. The molecule has 0 spiro atoms. The predicted molar refractivity (Wildman–Crippen MR) is 111 cm³/mol. The van der Waals surface area contributed by atoms with Gasteiger partial charge in [0.05, 0.1) is 18.8 Å². The summed E-state index contributed by atoms with van der Waals surface area (Å²) in [5.41, 5.74) is 2.64. The Bertz CT molecular complexity index is 715. The number of esters is 1. The van der Waals surface area contributed by atoms with Crippen molar-refractivity contribution in [3.63, 3.8) is 0 Å². The van der Waals surface area contributed by atoms with Crippen molar-refractivity contribution >= 4 is 5.97 Å². The van der Waals surface area contributed by atoms with Gasteiger partial charge in [-0.3, -0.25) is 4.90 Å². The number of ether oxygens (including phenoxy) is 3. The van der Waals surface area contributed by atoms with Crippen LogP contribution in [0.4, 0.5) is 0 Å². The Labute approximate surface area is 168 Å². The third-order valence-electron chi connectivity index (χ3n) is 4.43. The van der Waals surface area contributed by atoms with Gasteiger partial charge >= 0.3 is 5.97 Å². The summed E-state index contributed by atoms with van der Waals surface area (Å²) in [6.07, 6.45) is 0. The zero-order chi connectivity index (χ0) is 20.4. The minimum Gasteiger partial charge on any atom is -0.494 e. The molecule has 0 fully saturated rings. The fourth-order valence-corrected chi connectivity index (χ4v) is 2.87. The summed E-state index contributed by atoms with van der Waals surface area (Å²) in [5.74, 6) is 0.803. The van der Waals surface area contributed by atoms with E-state index in [2.05, 4.69) is 30.9 Å². The van der Waals surface area contributed by atoms with Crippen LogP contribution in [-0.4, -0.2) is 37.2 Å². The van der Waals surface area contributed by atoms with Crippen molar-refractivity contribution < 1.29 is 19.0 Å².